The van der Waals surface area contributed by atoms with Crippen molar-refractivity contribution in [1.82, 2.24) is 10.2 Å². The highest BCUT2D eigenvalue weighted by molar-refractivity contribution is 5.55. The number of hydrogen-bond donors (Lipinski definition) is 1. The lowest BCUT2D eigenvalue weighted by Gasteiger charge is -2.46. The van der Waals surface area contributed by atoms with Crippen LogP contribution in [-0.4, -0.2) is 43.2 Å². The molecule has 1 aliphatic heterocycles. The quantitative estimate of drug-likeness (QED) is 0.919. The van der Waals surface area contributed by atoms with Crippen molar-refractivity contribution >= 4 is 5.69 Å². The number of nitrogens with zero attached hydrogens (tertiary/aromatic N) is 2. The average molecular weight is 289 g/mol. The van der Waals surface area contributed by atoms with E-state index in [2.05, 4.69) is 75.0 Å². The molecule has 1 saturated heterocycles. The Labute approximate surface area is 130 Å². The fourth-order valence-electron chi connectivity index (χ4n) is 2.95. The molecule has 3 heteroatoms. The van der Waals surface area contributed by atoms with Crippen molar-refractivity contribution < 1.29 is 0 Å². The highest BCUT2D eigenvalue weighted by Crippen LogP contribution is 2.27. The maximum atomic E-state index is 3.49. The molecule has 21 heavy (non-hydrogen) atoms. The number of rotatable bonds is 4. The summed E-state index contributed by atoms with van der Waals surface area (Å²) in [6.45, 7) is 15.6. The maximum Gasteiger partial charge on any atom is 0.0397 e. The first-order chi connectivity index (χ1) is 9.79. The summed E-state index contributed by atoms with van der Waals surface area (Å²) in [6.07, 6.45) is 0. The number of hydrogen-bond acceptors (Lipinski definition) is 3. The Balaban J connectivity index is 2.10. The summed E-state index contributed by atoms with van der Waals surface area (Å²) in [4.78, 5) is 4.99. The molecule has 1 aromatic rings. The van der Waals surface area contributed by atoms with Crippen LogP contribution < -0.4 is 10.2 Å². The van der Waals surface area contributed by atoms with Crippen LogP contribution in [0.15, 0.2) is 18.2 Å². The SMILES string of the molecule is Cc1cc(CNC(C)C)ccc1N1CCN(C)C(C)(C)C1. The van der Waals surface area contributed by atoms with E-state index in [1.165, 1.54) is 16.8 Å². The summed E-state index contributed by atoms with van der Waals surface area (Å²) in [5.74, 6) is 0. The third kappa shape index (κ3) is 3.98. The minimum atomic E-state index is 0.239. The second-order valence-electron chi connectivity index (χ2n) is 7.31. The first-order valence-corrected chi connectivity index (χ1v) is 8.09. The van der Waals surface area contributed by atoms with E-state index < -0.39 is 0 Å². The molecule has 0 radical (unpaired) electrons. The molecule has 0 spiro atoms. The Kier molecular flexibility index (Phi) is 4.95. The van der Waals surface area contributed by atoms with Gasteiger partial charge in [-0.2, -0.15) is 0 Å². The molecule has 3 nitrogen and oxygen atoms in total. The molecule has 2 rings (SSSR count). The van der Waals surface area contributed by atoms with Crippen LogP contribution in [0.1, 0.15) is 38.8 Å². The molecule has 0 unspecified atom stereocenters. The van der Waals surface area contributed by atoms with Crippen LogP contribution in [0.2, 0.25) is 0 Å². The van der Waals surface area contributed by atoms with Gasteiger partial charge in [0.1, 0.15) is 0 Å². The van der Waals surface area contributed by atoms with E-state index >= 15 is 0 Å². The zero-order chi connectivity index (χ0) is 15.6. The molecule has 0 aromatic heterocycles. The second-order valence-corrected chi connectivity index (χ2v) is 7.31. The van der Waals surface area contributed by atoms with E-state index in [-0.39, 0.29) is 5.54 Å². The van der Waals surface area contributed by atoms with E-state index in [1.807, 2.05) is 0 Å². The van der Waals surface area contributed by atoms with Gasteiger partial charge in [0.25, 0.3) is 0 Å². The van der Waals surface area contributed by atoms with E-state index in [0.717, 1.165) is 26.2 Å². The van der Waals surface area contributed by atoms with Gasteiger partial charge in [-0.05, 0) is 45.0 Å². The topological polar surface area (TPSA) is 18.5 Å². The van der Waals surface area contributed by atoms with Gasteiger partial charge < -0.3 is 10.2 Å². The number of likely N-dealkylation sites (N-methyl/N-ethyl adjacent to an activating group) is 1. The van der Waals surface area contributed by atoms with Gasteiger partial charge in [-0.1, -0.05) is 26.0 Å². The van der Waals surface area contributed by atoms with Gasteiger partial charge in [0.2, 0.25) is 0 Å². The van der Waals surface area contributed by atoms with Crippen molar-refractivity contribution in [2.45, 2.75) is 52.7 Å². The molecule has 1 fully saturated rings. The van der Waals surface area contributed by atoms with Crippen molar-refractivity contribution in [1.29, 1.82) is 0 Å². The fourth-order valence-corrected chi connectivity index (χ4v) is 2.95. The second kappa shape index (κ2) is 6.37. The maximum absolute atomic E-state index is 3.49. The van der Waals surface area contributed by atoms with Crippen molar-refractivity contribution in [3.05, 3.63) is 29.3 Å². The Hall–Kier alpha value is -1.06. The molecule has 0 bridgehead atoms. The molecule has 1 heterocycles. The molecule has 0 amide bonds. The summed E-state index contributed by atoms with van der Waals surface area (Å²) in [5.41, 5.74) is 4.39. The van der Waals surface area contributed by atoms with E-state index in [9.17, 15) is 0 Å². The number of benzene rings is 1. The number of nitrogens with one attached hydrogen (secondary N) is 1. The lowest BCUT2D eigenvalue weighted by Crippen LogP contribution is -2.57. The van der Waals surface area contributed by atoms with Gasteiger partial charge >= 0.3 is 0 Å². The molecule has 1 aromatic carbocycles. The molecule has 0 aliphatic carbocycles. The van der Waals surface area contributed by atoms with Gasteiger partial charge in [-0.15, -0.1) is 0 Å². The van der Waals surface area contributed by atoms with Crippen molar-refractivity contribution in [2.24, 2.45) is 0 Å². The Bertz CT molecular complexity index is 479. The molecular weight excluding hydrogens is 258 g/mol. The van der Waals surface area contributed by atoms with Gasteiger partial charge in [0.05, 0.1) is 0 Å². The van der Waals surface area contributed by atoms with Crippen molar-refractivity contribution in [3.8, 4) is 0 Å². The molecule has 0 saturated carbocycles. The van der Waals surface area contributed by atoms with E-state index in [1.54, 1.807) is 0 Å². The fraction of sp³-hybridized carbons (Fsp3) is 0.667. The number of anilines is 1. The van der Waals surface area contributed by atoms with Gasteiger partial charge in [-0.3, -0.25) is 4.90 Å². The lowest BCUT2D eigenvalue weighted by molar-refractivity contribution is 0.139. The number of aryl methyl sites for hydroxylation is 1. The number of piperazine rings is 1. The zero-order valence-corrected chi connectivity index (χ0v) is 14.5. The van der Waals surface area contributed by atoms with Gasteiger partial charge in [0, 0.05) is 43.4 Å². The Morgan fingerprint density at radius 1 is 1.24 bits per heavy atom. The molecule has 1 N–H and O–H groups in total. The molecule has 118 valence electrons. The van der Waals surface area contributed by atoms with E-state index in [4.69, 9.17) is 0 Å². The molecular formula is C18H31N3. The third-order valence-corrected chi connectivity index (χ3v) is 4.63. The molecule has 0 atom stereocenters. The van der Waals surface area contributed by atoms with Crippen LogP contribution >= 0.6 is 0 Å². The minimum absolute atomic E-state index is 0.239. The average Bonchev–Trinajstić information content (AvgIpc) is 2.40. The largest absolute Gasteiger partial charge is 0.368 e. The van der Waals surface area contributed by atoms with Gasteiger partial charge in [0.15, 0.2) is 0 Å². The van der Waals surface area contributed by atoms with Crippen LogP contribution in [0.4, 0.5) is 5.69 Å². The third-order valence-electron chi connectivity index (χ3n) is 4.63. The van der Waals surface area contributed by atoms with Crippen molar-refractivity contribution in [2.75, 3.05) is 31.6 Å². The first kappa shape index (κ1) is 16.3. The van der Waals surface area contributed by atoms with Crippen LogP contribution in [0.3, 0.4) is 0 Å². The minimum Gasteiger partial charge on any atom is -0.368 e. The van der Waals surface area contributed by atoms with E-state index in [0.29, 0.717) is 6.04 Å². The smallest absolute Gasteiger partial charge is 0.0397 e. The summed E-state index contributed by atoms with van der Waals surface area (Å²) >= 11 is 0. The predicted molar refractivity (Wildman–Crippen MR) is 92.1 cm³/mol. The van der Waals surface area contributed by atoms with Crippen LogP contribution in [0.25, 0.3) is 0 Å². The molecule has 1 aliphatic rings. The zero-order valence-electron chi connectivity index (χ0n) is 14.5. The highest BCUT2D eigenvalue weighted by atomic mass is 15.3. The van der Waals surface area contributed by atoms with Crippen molar-refractivity contribution in [3.63, 3.8) is 0 Å². The normalized spacial score (nSPS) is 19.3. The van der Waals surface area contributed by atoms with Crippen LogP contribution in [0, 0.1) is 6.92 Å². The van der Waals surface area contributed by atoms with Crippen LogP contribution in [0.5, 0.6) is 0 Å². The monoisotopic (exact) mass is 289 g/mol. The highest BCUT2D eigenvalue weighted by Gasteiger charge is 2.31. The summed E-state index contributed by atoms with van der Waals surface area (Å²) in [6, 6.07) is 7.43. The summed E-state index contributed by atoms with van der Waals surface area (Å²) < 4.78 is 0. The Morgan fingerprint density at radius 3 is 2.52 bits per heavy atom. The predicted octanol–water partition coefficient (Wildman–Crippen LogP) is 3.02. The standard InChI is InChI=1S/C18H31N3/c1-14(2)19-12-16-7-8-17(15(3)11-16)21-10-9-20(6)18(4,5)13-21/h7-8,11,14,19H,9-10,12-13H2,1-6H3. The Morgan fingerprint density at radius 2 is 1.95 bits per heavy atom. The van der Waals surface area contributed by atoms with Gasteiger partial charge in [-0.25, -0.2) is 0 Å². The van der Waals surface area contributed by atoms with Crippen LogP contribution in [-0.2, 0) is 6.54 Å². The summed E-state index contributed by atoms with van der Waals surface area (Å²) in [5, 5.41) is 3.49. The first-order valence-electron chi connectivity index (χ1n) is 8.09. The summed E-state index contributed by atoms with van der Waals surface area (Å²) in [7, 11) is 2.23. The lowest BCUT2D eigenvalue weighted by atomic mass is 9.98.